The molecule has 5 N–H and O–H groups in total. The number of allylic oxidation sites excluding steroid dienone is 2. The fourth-order valence-electron chi connectivity index (χ4n) is 7.83. The molecule has 2 fully saturated rings. The van der Waals surface area contributed by atoms with Crippen LogP contribution in [0.4, 0.5) is 0 Å². The Morgan fingerprint density at radius 1 is 1.08 bits per heavy atom. The van der Waals surface area contributed by atoms with E-state index < -0.39 is 70.7 Å². The molecular weight excluding hydrogens is 488 g/mol. The molecule has 2 unspecified atom stereocenters. The number of hydrogen-bond donors (Lipinski definition) is 5. The number of carbonyl (C=O) groups excluding carboxylic acids is 2. The van der Waals surface area contributed by atoms with Crippen molar-refractivity contribution < 1.29 is 39.9 Å². The summed E-state index contributed by atoms with van der Waals surface area (Å²) in [6, 6.07) is 0. The van der Waals surface area contributed by atoms with E-state index in [1.165, 1.54) is 0 Å². The lowest BCUT2D eigenvalue weighted by Gasteiger charge is -2.51. The third-order valence-electron chi connectivity index (χ3n) is 10.0. The number of carbonyl (C=O) groups is 2. The van der Waals surface area contributed by atoms with Gasteiger partial charge in [-0.25, -0.2) is 0 Å². The molecule has 4 aliphatic carbocycles. The summed E-state index contributed by atoms with van der Waals surface area (Å²) in [5.41, 5.74) is -3.88. The predicted octanol–water partition coefficient (Wildman–Crippen LogP) is 4.05. The van der Waals surface area contributed by atoms with Gasteiger partial charge in [0, 0.05) is 48.3 Å². The number of hydrogen-bond acceptors (Lipinski definition) is 8. The minimum atomic E-state index is -1.94. The van der Waals surface area contributed by atoms with Crippen molar-refractivity contribution in [2.75, 3.05) is 6.61 Å². The topological polar surface area (TPSA) is 145 Å². The normalized spacial score (nSPS) is 42.2. The van der Waals surface area contributed by atoms with Gasteiger partial charge in [0.2, 0.25) is 0 Å². The van der Waals surface area contributed by atoms with Gasteiger partial charge in [-0.15, -0.1) is 0 Å². The summed E-state index contributed by atoms with van der Waals surface area (Å²) in [7, 11) is 0. The first-order valence-corrected chi connectivity index (χ1v) is 14.1. The van der Waals surface area contributed by atoms with Crippen molar-refractivity contribution in [3.8, 4) is 0 Å². The minimum Gasteiger partial charge on any atom is -0.509 e. The van der Waals surface area contributed by atoms with Crippen molar-refractivity contribution in [2.24, 2.45) is 35.0 Å². The van der Waals surface area contributed by atoms with Crippen LogP contribution in [0.3, 0.4) is 0 Å². The summed E-state index contributed by atoms with van der Waals surface area (Å²) in [5.74, 6) is -4.40. The molecule has 0 bridgehead atoms. The zero-order valence-electron chi connectivity index (χ0n) is 23.2. The molecule has 8 heteroatoms. The number of fused-ring (bicyclic) bond motifs is 5. The van der Waals surface area contributed by atoms with Crippen LogP contribution in [0.25, 0.3) is 0 Å². The Balaban J connectivity index is 1.87. The molecule has 0 aliphatic heterocycles. The fourth-order valence-corrected chi connectivity index (χ4v) is 7.83. The number of ketones is 1. The largest absolute Gasteiger partial charge is 0.509 e. The Morgan fingerprint density at radius 2 is 1.71 bits per heavy atom. The van der Waals surface area contributed by atoms with Crippen LogP contribution in [0.5, 0.6) is 0 Å². The van der Waals surface area contributed by atoms with Crippen LogP contribution >= 0.6 is 0 Å². The van der Waals surface area contributed by atoms with Gasteiger partial charge in [-0.1, -0.05) is 52.7 Å². The summed E-state index contributed by atoms with van der Waals surface area (Å²) in [5, 5.41) is 56.7. The van der Waals surface area contributed by atoms with Crippen molar-refractivity contribution in [1.82, 2.24) is 0 Å². The maximum absolute atomic E-state index is 13.2. The van der Waals surface area contributed by atoms with Gasteiger partial charge < -0.3 is 30.3 Å². The van der Waals surface area contributed by atoms with Crippen molar-refractivity contribution in [1.29, 1.82) is 0 Å². The van der Waals surface area contributed by atoms with Crippen LogP contribution in [0.2, 0.25) is 0 Å². The minimum absolute atomic E-state index is 0.112. The summed E-state index contributed by atoms with van der Waals surface area (Å²) < 4.78 is 6.04. The maximum atomic E-state index is 13.2. The molecule has 0 amide bonds. The number of Topliss-reactive ketones (excluding diaryl/α,β-unsaturated/α-hetero) is 1. The smallest absolute Gasteiger partial charge is 0.306 e. The number of esters is 1. The van der Waals surface area contributed by atoms with E-state index in [0.29, 0.717) is 30.4 Å². The number of aliphatic hydroxyl groups is 5. The lowest BCUT2D eigenvalue weighted by atomic mass is 9.59. The number of aliphatic hydroxyl groups excluding tert-OH is 3. The van der Waals surface area contributed by atoms with E-state index in [-0.39, 0.29) is 24.4 Å². The van der Waals surface area contributed by atoms with E-state index in [0.717, 1.165) is 12.8 Å². The lowest BCUT2D eigenvalue weighted by molar-refractivity contribution is -0.198. The standard InChI is InChI=1S/C30H44O8/c1-6-8-10-20(32)27(35)28(5)23-19-13-18(15-31)14-29(36)21(12-16(3)26(29)34)30(19,37)17(4)25(24(23)28)38-22(33)11-9-7-2/h12-13,17,19,21,23-25,31-32,35-37H,6-11,14-15H2,1-5H3/b27-20-/t17-,19+,21-,23+,24?,25-,28?,29-,30-/m1/s1. The highest BCUT2D eigenvalue weighted by Crippen LogP contribution is 2.75. The van der Waals surface area contributed by atoms with Gasteiger partial charge in [-0.2, -0.15) is 0 Å². The summed E-state index contributed by atoms with van der Waals surface area (Å²) in [6.45, 7) is 8.76. The van der Waals surface area contributed by atoms with Gasteiger partial charge in [0.25, 0.3) is 0 Å². The van der Waals surface area contributed by atoms with E-state index >= 15 is 0 Å². The molecule has 0 aromatic rings. The van der Waals surface area contributed by atoms with E-state index in [1.807, 2.05) is 20.8 Å². The number of unbranched alkanes of at least 4 members (excludes halogenated alkanes) is 2. The van der Waals surface area contributed by atoms with E-state index in [9.17, 15) is 35.1 Å². The average Bonchev–Trinajstić information content (AvgIpc) is 3.47. The third-order valence-corrected chi connectivity index (χ3v) is 10.0. The molecular formula is C30H44O8. The molecule has 0 spiro atoms. The highest BCUT2D eigenvalue weighted by Gasteiger charge is 2.80. The zero-order chi connectivity index (χ0) is 28.2. The zero-order valence-corrected chi connectivity index (χ0v) is 23.2. The number of rotatable bonds is 9. The second-order valence-electron chi connectivity index (χ2n) is 12.2. The van der Waals surface area contributed by atoms with Crippen LogP contribution in [-0.4, -0.2) is 61.2 Å². The van der Waals surface area contributed by atoms with Gasteiger partial charge >= 0.3 is 5.97 Å². The second-order valence-corrected chi connectivity index (χ2v) is 12.2. The first-order valence-electron chi connectivity index (χ1n) is 14.1. The first-order chi connectivity index (χ1) is 17.8. The molecule has 9 atom stereocenters. The monoisotopic (exact) mass is 532 g/mol. The molecule has 212 valence electrons. The molecule has 8 nitrogen and oxygen atoms in total. The van der Waals surface area contributed by atoms with Gasteiger partial charge in [-0.05, 0) is 36.8 Å². The molecule has 4 rings (SSSR count). The van der Waals surface area contributed by atoms with Crippen molar-refractivity contribution in [3.63, 3.8) is 0 Å². The second kappa shape index (κ2) is 10.1. The van der Waals surface area contributed by atoms with Gasteiger partial charge in [-0.3, -0.25) is 9.59 Å². The van der Waals surface area contributed by atoms with Crippen LogP contribution in [0, 0.1) is 35.0 Å². The maximum Gasteiger partial charge on any atom is 0.306 e. The predicted molar refractivity (Wildman–Crippen MR) is 141 cm³/mol. The van der Waals surface area contributed by atoms with Crippen molar-refractivity contribution in [2.45, 2.75) is 96.9 Å². The molecule has 0 saturated heterocycles. The van der Waals surface area contributed by atoms with Gasteiger partial charge in [0.1, 0.15) is 23.2 Å². The Labute approximate surface area is 225 Å². The molecule has 4 aliphatic rings. The highest BCUT2D eigenvalue weighted by molar-refractivity contribution is 6.04. The summed E-state index contributed by atoms with van der Waals surface area (Å²) >= 11 is 0. The molecule has 0 aromatic heterocycles. The number of ether oxygens (including phenoxy) is 1. The van der Waals surface area contributed by atoms with Gasteiger partial charge in [0.05, 0.1) is 12.2 Å². The first kappa shape index (κ1) is 28.8. The Morgan fingerprint density at radius 3 is 2.32 bits per heavy atom. The molecule has 0 heterocycles. The third kappa shape index (κ3) is 4.06. The SMILES string of the molecule is CCCCC(=O)O[C@H]1C2[C@H]([C@@H]3C=C(CO)C[C@]4(O)C(=O)C(C)=C[C@H]4[C@@]3(O)[C@@H]1C)C2(C)/C(O)=C(/O)CCCC. The van der Waals surface area contributed by atoms with Gasteiger partial charge in [0.15, 0.2) is 5.78 Å². The molecule has 38 heavy (non-hydrogen) atoms. The van der Waals surface area contributed by atoms with E-state index in [1.54, 1.807) is 26.0 Å². The van der Waals surface area contributed by atoms with Crippen LogP contribution in [0.15, 0.2) is 34.8 Å². The van der Waals surface area contributed by atoms with Crippen LogP contribution in [-0.2, 0) is 14.3 Å². The van der Waals surface area contributed by atoms with E-state index in [2.05, 4.69) is 0 Å². The van der Waals surface area contributed by atoms with Crippen molar-refractivity contribution in [3.05, 3.63) is 34.8 Å². The summed E-state index contributed by atoms with van der Waals surface area (Å²) in [4.78, 5) is 26.1. The Bertz CT molecular complexity index is 1070. The van der Waals surface area contributed by atoms with Crippen molar-refractivity contribution >= 4 is 11.8 Å². The Hall–Kier alpha value is -2.16. The molecule has 0 radical (unpaired) electrons. The molecule has 0 aromatic carbocycles. The quantitative estimate of drug-likeness (QED) is 0.170. The fraction of sp³-hybridized carbons (Fsp3) is 0.733. The Kier molecular flexibility index (Phi) is 7.67. The van der Waals surface area contributed by atoms with E-state index in [4.69, 9.17) is 4.74 Å². The lowest BCUT2D eigenvalue weighted by Crippen LogP contribution is -2.62. The molecule has 2 saturated carbocycles. The summed E-state index contributed by atoms with van der Waals surface area (Å²) in [6.07, 6.45) is 5.95. The van der Waals surface area contributed by atoms with Crippen LogP contribution < -0.4 is 0 Å². The highest BCUT2D eigenvalue weighted by atomic mass is 16.5. The van der Waals surface area contributed by atoms with Crippen LogP contribution in [0.1, 0.15) is 79.6 Å². The average molecular weight is 533 g/mol.